The molecule has 0 atom stereocenters. The third-order valence-corrected chi connectivity index (χ3v) is 6.27. The summed E-state index contributed by atoms with van der Waals surface area (Å²) in [6.45, 7) is 2.19. The van der Waals surface area contributed by atoms with Crippen LogP contribution in [0.15, 0.2) is 53.4 Å². The molecule has 0 aliphatic carbocycles. The van der Waals surface area contributed by atoms with Crippen LogP contribution in [0.3, 0.4) is 0 Å². The first kappa shape index (κ1) is 19.0. The number of nitrogens with one attached hydrogen (secondary N) is 1. The highest BCUT2D eigenvalue weighted by atomic mass is 32.2. The predicted octanol–water partition coefficient (Wildman–Crippen LogP) is 4.04. The zero-order valence-corrected chi connectivity index (χ0v) is 16.3. The Morgan fingerprint density at radius 1 is 1.15 bits per heavy atom. The Morgan fingerprint density at radius 3 is 2.48 bits per heavy atom. The van der Waals surface area contributed by atoms with Crippen molar-refractivity contribution >= 4 is 32.5 Å². The summed E-state index contributed by atoms with van der Waals surface area (Å²) >= 11 is 1.49. The number of rotatable bonds is 6. The lowest BCUT2D eigenvalue weighted by Gasteiger charge is -2.09. The molecule has 0 spiro atoms. The van der Waals surface area contributed by atoms with E-state index in [2.05, 4.69) is 10.3 Å². The van der Waals surface area contributed by atoms with Crippen LogP contribution < -0.4 is 5.32 Å². The van der Waals surface area contributed by atoms with Crippen molar-refractivity contribution in [3.8, 4) is 10.6 Å². The number of anilines is 1. The second-order valence-corrected chi connectivity index (χ2v) is 9.00. The number of nitro groups is 1. The highest BCUT2D eigenvalue weighted by Crippen LogP contribution is 2.33. The fourth-order valence-corrected chi connectivity index (χ4v) is 4.49. The number of aromatic nitrogens is 1. The van der Waals surface area contributed by atoms with Crippen molar-refractivity contribution in [2.45, 2.75) is 18.4 Å². The van der Waals surface area contributed by atoms with Gasteiger partial charge in [-0.25, -0.2) is 13.4 Å². The summed E-state index contributed by atoms with van der Waals surface area (Å²) in [6.07, 6.45) is 0.957. The molecular weight excluding hydrogens is 386 g/mol. The van der Waals surface area contributed by atoms with Crippen molar-refractivity contribution in [3.63, 3.8) is 0 Å². The molecule has 27 heavy (non-hydrogen) atoms. The maximum atomic E-state index is 11.9. The molecule has 7 nitrogen and oxygen atoms in total. The van der Waals surface area contributed by atoms with Crippen LogP contribution in [0.4, 0.5) is 11.4 Å². The number of hydrogen-bond acceptors (Lipinski definition) is 7. The van der Waals surface area contributed by atoms with Gasteiger partial charge in [-0.2, -0.15) is 0 Å². The summed E-state index contributed by atoms with van der Waals surface area (Å²) < 4.78 is 23.7. The van der Waals surface area contributed by atoms with Gasteiger partial charge in [-0.15, -0.1) is 11.3 Å². The Balaban J connectivity index is 1.90. The van der Waals surface area contributed by atoms with Gasteiger partial charge in [-0.1, -0.05) is 36.4 Å². The van der Waals surface area contributed by atoms with Gasteiger partial charge in [0.25, 0.3) is 0 Å². The topological polar surface area (TPSA) is 102 Å². The molecule has 0 saturated heterocycles. The van der Waals surface area contributed by atoms with Gasteiger partial charge in [-0.3, -0.25) is 10.1 Å². The zero-order valence-electron chi connectivity index (χ0n) is 14.7. The van der Waals surface area contributed by atoms with E-state index in [1.54, 1.807) is 0 Å². The predicted molar refractivity (Wildman–Crippen MR) is 106 cm³/mol. The van der Waals surface area contributed by atoms with Gasteiger partial charge in [0.05, 0.1) is 17.2 Å². The fraction of sp³-hybridized carbons (Fsp3) is 0.167. The number of benzene rings is 2. The quantitative estimate of drug-likeness (QED) is 0.492. The number of para-hydroxylation sites is 1. The van der Waals surface area contributed by atoms with Crippen molar-refractivity contribution in [1.29, 1.82) is 0 Å². The standard InChI is InChI=1S/C18H17N3O4S2/c1-12-15(26-18(20-12)13-7-4-3-5-8-13)11-19-14-9-6-10-16(27(2,24)25)17(14)21(22)23/h3-10,19H,11H2,1-2H3. The molecule has 9 heteroatoms. The van der Waals surface area contributed by atoms with E-state index in [9.17, 15) is 18.5 Å². The molecule has 140 valence electrons. The Morgan fingerprint density at radius 2 is 1.85 bits per heavy atom. The SMILES string of the molecule is Cc1nc(-c2ccccc2)sc1CNc1cccc(S(C)(=O)=O)c1[N+](=O)[O-]. The fourth-order valence-electron chi connectivity index (χ4n) is 2.62. The molecule has 0 unspecified atom stereocenters. The number of aryl methyl sites for hydroxylation is 1. The van der Waals surface area contributed by atoms with Gasteiger partial charge in [0.1, 0.15) is 15.6 Å². The molecule has 1 aromatic heterocycles. The lowest BCUT2D eigenvalue weighted by Crippen LogP contribution is -2.07. The minimum Gasteiger partial charge on any atom is -0.374 e. The maximum absolute atomic E-state index is 11.9. The Hall–Kier alpha value is -2.78. The molecule has 1 heterocycles. The summed E-state index contributed by atoms with van der Waals surface area (Å²) in [5.74, 6) is 0. The average Bonchev–Trinajstić information content (AvgIpc) is 3.00. The normalized spacial score (nSPS) is 11.3. The van der Waals surface area contributed by atoms with Crippen LogP contribution in [0.5, 0.6) is 0 Å². The smallest absolute Gasteiger partial charge is 0.310 e. The zero-order chi connectivity index (χ0) is 19.6. The highest BCUT2D eigenvalue weighted by molar-refractivity contribution is 7.90. The van der Waals surface area contributed by atoms with Crippen LogP contribution >= 0.6 is 11.3 Å². The third-order valence-electron chi connectivity index (χ3n) is 3.93. The van der Waals surface area contributed by atoms with Crippen LogP contribution in [-0.4, -0.2) is 24.6 Å². The van der Waals surface area contributed by atoms with E-state index < -0.39 is 20.4 Å². The van der Waals surface area contributed by atoms with Crippen molar-refractivity contribution in [2.24, 2.45) is 0 Å². The van der Waals surface area contributed by atoms with Gasteiger partial charge in [-0.05, 0) is 19.1 Å². The van der Waals surface area contributed by atoms with Crippen LogP contribution in [0.1, 0.15) is 10.6 Å². The van der Waals surface area contributed by atoms with Crippen LogP contribution in [0.25, 0.3) is 10.6 Å². The minimum atomic E-state index is -3.72. The molecular formula is C18H17N3O4S2. The van der Waals surface area contributed by atoms with Crippen molar-refractivity contribution in [1.82, 2.24) is 4.98 Å². The Bertz CT molecular complexity index is 1090. The summed E-state index contributed by atoms with van der Waals surface area (Å²) in [6, 6.07) is 14.0. The molecule has 0 radical (unpaired) electrons. The molecule has 0 saturated carbocycles. The molecule has 0 aliphatic rings. The number of nitro benzene ring substituents is 1. The van der Waals surface area contributed by atoms with E-state index in [4.69, 9.17) is 0 Å². The molecule has 0 fully saturated rings. The van der Waals surface area contributed by atoms with Gasteiger partial charge in [0.2, 0.25) is 0 Å². The number of sulfone groups is 1. The first-order valence-electron chi connectivity index (χ1n) is 8.00. The van der Waals surface area contributed by atoms with E-state index in [-0.39, 0.29) is 10.6 Å². The van der Waals surface area contributed by atoms with Gasteiger partial charge < -0.3 is 5.32 Å². The number of nitrogens with zero attached hydrogens (tertiary/aromatic N) is 2. The second-order valence-electron chi connectivity index (χ2n) is 5.93. The summed E-state index contributed by atoms with van der Waals surface area (Å²) in [5.41, 5.74) is 1.55. The summed E-state index contributed by atoms with van der Waals surface area (Å²) in [4.78, 5) is 16.0. The molecule has 3 aromatic rings. The monoisotopic (exact) mass is 403 g/mol. The van der Waals surface area contributed by atoms with Gasteiger partial charge in [0, 0.05) is 16.7 Å². The van der Waals surface area contributed by atoms with E-state index in [0.717, 1.165) is 27.4 Å². The highest BCUT2D eigenvalue weighted by Gasteiger charge is 2.26. The van der Waals surface area contributed by atoms with Crippen molar-refractivity contribution in [3.05, 3.63) is 69.2 Å². The Labute approximate surface area is 160 Å². The number of thiazole rings is 1. The largest absolute Gasteiger partial charge is 0.374 e. The van der Waals surface area contributed by atoms with Gasteiger partial charge >= 0.3 is 5.69 Å². The number of hydrogen-bond donors (Lipinski definition) is 1. The second kappa shape index (κ2) is 7.45. The summed E-state index contributed by atoms with van der Waals surface area (Å²) in [5, 5.41) is 15.3. The lowest BCUT2D eigenvalue weighted by molar-refractivity contribution is -0.386. The molecule has 1 N–H and O–H groups in total. The van der Waals surface area contributed by atoms with Crippen LogP contribution in [-0.2, 0) is 16.4 Å². The van der Waals surface area contributed by atoms with E-state index in [1.807, 2.05) is 37.3 Å². The Kier molecular flexibility index (Phi) is 5.24. The van der Waals surface area contributed by atoms with Gasteiger partial charge in [0.15, 0.2) is 9.84 Å². The lowest BCUT2D eigenvalue weighted by atomic mass is 10.2. The maximum Gasteiger partial charge on any atom is 0.310 e. The van der Waals surface area contributed by atoms with Crippen LogP contribution in [0, 0.1) is 17.0 Å². The molecule has 0 aliphatic heterocycles. The average molecular weight is 403 g/mol. The molecule has 2 aromatic carbocycles. The van der Waals surface area contributed by atoms with Crippen molar-refractivity contribution in [2.75, 3.05) is 11.6 Å². The van der Waals surface area contributed by atoms with E-state index in [0.29, 0.717) is 6.54 Å². The molecule has 0 bridgehead atoms. The summed E-state index contributed by atoms with van der Waals surface area (Å²) in [7, 11) is -3.72. The van der Waals surface area contributed by atoms with E-state index in [1.165, 1.54) is 29.5 Å². The first-order valence-corrected chi connectivity index (χ1v) is 10.7. The molecule has 3 rings (SSSR count). The third kappa shape index (κ3) is 4.15. The molecule has 0 amide bonds. The van der Waals surface area contributed by atoms with E-state index >= 15 is 0 Å². The first-order chi connectivity index (χ1) is 12.8. The van der Waals surface area contributed by atoms with Crippen LogP contribution in [0.2, 0.25) is 0 Å². The van der Waals surface area contributed by atoms with Crippen molar-refractivity contribution < 1.29 is 13.3 Å². The minimum absolute atomic E-state index is 0.164.